The Kier molecular flexibility index (Phi) is 9.77. The third-order valence-corrected chi connectivity index (χ3v) is 3.52. The predicted octanol–water partition coefficient (Wildman–Crippen LogP) is 1.04. The summed E-state index contributed by atoms with van der Waals surface area (Å²) in [4.78, 5) is 23.8. The maximum Gasteiger partial charge on any atom is 0.313 e. The molecule has 0 aliphatic heterocycles. The van der Waals surface area contributed by atoms with Gasteiger partial charge in [-0.2, -0.15) is 0 Å². The Balaban J connectivity index is 3.38. The van der Waals surface area contributed by atoms with Gasteiger partial charge in [-0.3, -0.25) is 9.59 Å². The highest BCUT2D eigenvalue weighted by molar-refractivity contribution is 8.00. The molecule has 18 heavy (non-hydrogen) atoms. The van der Waals surface area contributed by atoms with E-state index in [9.17, 15) is 9.59 Å². The number of hydrogen-bond acceptors (Lipinski definition) is 4. The van der Waals surface area contributed by atoms with Crippen molar-refractivity contribution in [2.24, 2.45) is 0 Å². The molecule has 0 aliphatic carbocycles. The number of hydrogen-bond donors (Lipinski definition) is 2. The van der Waals surface area contributed by atoms with Crippen LogP contribution in [0.25, 0.3) is 0 Å². The topological polar surface area (TPSA) is 69.6 Å². The van der Waals surface area contributed by atoms with Crippen LogP contribution >= 0.6 is 11.8 Å². The second-order valence-corrected chi connectivity index (χ2v) is 5.50. The minimum absolute atomic E-state index is 0.0212. The number of nitrogens with zero attached hydrogens (tertiary/aromatic N) is 1. The summed E-state index contributed by atoms with van der Waals surface area (Å²) in [5.74, 6) is -0.770. The maximum absolute atomic E-state index is 11.3. The van der Waals surface area contributed by atoms with Crippen molar-refractivity contribution in [2.45, 2.75) is 32.7 Å². The molecule has 0 saturated heterocycles. The van der Waals surface area contributed by atoms with Crippen molar-refractivity contribution in [1.82, 2.24) is 10.2 Å². The number of carboxylic acid groups (broad SMARTS) is 1. The first-order valence-corrected chi connectivity index (χ1v) is 7.35. The van der Waals surface area contributed by atoms with Gasteiger partial charge in [-0.05, 0) is 40.3 Å². The van der Waals surface area contributed by atoms with Crippen LogP contribution in [0.1, 0.15) is 26.7 Å². The van der Waals surface area contributed by atoms with Crippen LogP contribution in [0.4, 0.5) is 0 Å². The zero-order chi connectivity index (χ0) is 14.0. The first-order chi connectivity index (χ1) is 8.43. The number of carboxylic acids is 1. The fourth-order valence-electron chi connectivity index (χ4n) is 1.25. The van der Waals surface area contributed by atoms with Gasteiger partial charge in [-0.1, -0.05) is 0 Å². The van der Waals surface area contributed by atoms with E-state index in [1.807, 2.05) is 0 Å². The molecule has 0 aliphatic rings. The number of nitrogens with one attached hydrogen (secondary N) is 1. The van der Waals surface area contributed by atoms with E-state index in [4.69, 9.17) is 5.11 Å². The molecule has 0 unspecified atom stereocenters. The van der Waals surface area contributed by atoms with E-state index in [0.29, 0.717) is 12.6 Å². The maximum atomic E-state index is 11.3. The van der Waals surface area contributed by atoms with E-state index in [1.54, 1.807) is 0 Å². The summed E-state index contributed by atoms with van der Waals surface area (Å²) in [5, 5.41) is 11.2. The molecule has 0 aromatic carbocycles. The first-order valence-electron chi connectivity index (χ1n) is 6.20. The van der Waals surface area contributed by atoms with Crippen LogP contribution in [-0.4, -0.2) is 59.6 Å². The van der Waals surface area contributed by atoms with Crippen LogP contribution in [0.5, 0.6) is 0 Å². The van der Waals surface area contributed by atoms with Gasteiger partial charge in [0.2, 0.25) is 5.91 Å². The second-order valence-electron chi connectivity index (χ2n) is 4.52. The highest BCUT2D eigenvalue weighted by Crippen LogP contribution is 1.99. The van der Waals surface area contributed by atoms with Crippen molar-refractivity contribution < 1.29 is 14.7 Å². The molecule has 0 saturated carbocycles. The summed E-state index contributed by atoms with van der Waals surface area (Å²) >= 11 is 1.12. The fraction of sp³-hybridized carbons (Fsp3) is 0.833. The molecule has 0 aromatic rings. The molecule has 0 radical (unpaired) electrons. The van der Waals surface area contributed by atoms with E-state index < -0.39 is 5.97 Å². The molecule has 2 N–H and O–H groups in total. The largest absolute Gasteiger partial charge is 0.481 e. The highest BCUT2D eigenvalue weighted by Gasteiger charge is 2.04. The lowest BCUT2D eigenvalue weighted by molar-refractivity contribution is -0.133. The summed E-state index contributed by atoms with van der Waals surface area (Å²) < 4.78 is 0. The van der Waals surface area contributed by atoms with Gasteiger partial charge in [0.25, 0.3) is 0 Å². The quantitative estimate of drug-likeness (QED) is 0.584. The molecule has 0 bridgehead atoms. The molecular formula is C12H24N2O3S. The predicted molar refractivity (Wildman–Crippen MR) is 75.0 cm³/mol. The number of rotatable bonds is 10. The Morgan fingerprint density at radius 3 is 2.50 bits per heavy atom. The van der Waals surface area contributed by atoms with Gasteiger partial charge in [-0.15, -0.1) is 11.8 Å². The Hall–Kier alpha value is -0.750. The van der Waals surface area contributed by atoms with Gasteiger partial charge in [0.15, 0.2) is 0 Å². The molecular weight excluding hydrogens is 252 g/mol. The van der Waals surface area contributed by atoms with Gasteiger partial charge >= 0.3 is 5.97 Å². The average molecular weight is 276 g/mol. The van der Waals surface area contributed by atoms with Crippen LogP contribution in [0.2, 0.25) is 0 Å². The van der Waals surface area contributed by atoms with E-state index >= 15 is 0 Å². The summed E-state index contributed by atoms with van der Waals surface area (Å²) in [7, 11) is 2.09. The molecule has 6 heteroatoms. The van der Waals surface area contributed by atoms with Crippen LogP contribution < -0.4 is 5.32 Å². The molecule has 5 nitrogen and oxygen atoms in total. The second kappa shape index (κ2) is 10.2. The van der Waals surface area contributed by atoms with Crippen LogP contribution in [-0.2, 0) is 9.59 Å². The number of unbranched alkanes of at least 4 members (excludes halogenated alkanes) is 1. The van der Waals surface area contributed by atoms with Crippen molar-refractivity contribution in [1.29, 1.82) is 0 Å². The van der Waals surface area contributed by atoms with E-state index in [0.717, 1.165) is 31.1 Å². The number of carbonyl (C=O) groups excluding carboxylic acids is 1. The fourth-order valence-corrected chi connectivity index (χ4v) is 1.82. The monoisotopic (exact) mass is 276 g/mol. The van der Waals surface area contributed by atoms with Crippen molar-refractivity contribution in [3.63, 3.8) is 0 Å². The summed E-state index contributed by atoms with van der Waals surface area (Å²) in [5.41, 5.74) is 0. The highest BCUT2D eigenvalue weighted by atomic mass is 32.2. The minimum atomic E-state index is -0.885. The zero-order valence-corrected chi connectivity index (χ0v) is 12.3. The number of aliphatic carboxylic acids is 1. The van der Waals surface area contributed by atoms with E-state index in [-0.39, 0.29) is 17.4 Å². The van der Waals surface area contributed by atoms with Gasteiger partial charge < -0.3 is 15.3 Å². The zero-order valence-electron chi connectivity index (χ0n) is 11.4. The third-order valence-electron chi connectivity index (χ3n) is 2.60. The van der Waals surface area contributed by atoms with Crippen LogP contribution in [0.15, 0.2) is 0 Å². The molecule has 106 valence electrons. The van der Waals surface area contributed by atoms with Crippen molar-refractivity contribution >= 4 is 23.6 Å². The number of thioether (sulfide) groups is 1. The molecule has 0 spiro atoms. The number of carbonyl (C=O) groups is 2. The Bertz CT molecular complexity index is 260. The van der Waals surface area contributed by atoms with Crippen LogP contribution in [0, 0.1) is 0 Å². The average Bonchev–Trinajstić information content (AvgIpc) is 2.27. The van der Waals surface area contributed by atoms with E-state index in [1.165, 1.54) is 0 Å². The first kappa shape index (κ1) is 17.2. The van der Waals surface area contributed by atoms with Crippen LogP contribution in [0.3, 0.4) is 0 Å². The van der Waals surface area contributed by atoms with Gasteiger partial charge in [-0.25, -0.2) is 0 Å². The van der Waals surface area contributed by atoms with Crippen molar-refractivity contribution in [2.75, 3.05) is 31.6 Å². The lowest BCUT2D eigenvalue weighted by atomic mass is 10.2. The molecule has 0 heterocycles. The number of amides is 1. The minimum Gasteiger partial charge on any atom is -0.481 e. The smallest absolute Gasteiger partial charge is 0.313 e. The molecule has 1 amide bonds. The molecule has 0 atom stereocenters. The third kappa shape index (κ3) is 10.4. The Morgan fingerprint density at radius 2 is 1.94 bits per heavy atom. The Morgan fingerprint density at radius 1 is 1.28 bits per heavy atom. The van der Waals surface area contributed by atoms with Gasteiger partial charge in [0.1, 0.15) is 0 Å². The molecule has 0 aromatic heterocycles. The molecule has 0 rings (SSSR count). The van der Waals surface area contributed by atoms with Gasteiger partial charge in [0.05, 0.1) is 11.5 Å². The van der Waals surface area contributed by atoms with Crippen molar-refractivity contribution in [3.8, 4) is 0 Å². The summed E-state index contributed by atoms with van der Waals surface area (Å²) in [6.45, 7) is 6.00. The summed E-state index contributed by atoms with van der Waals surface area (Å²) in [6.07, 6.45) is 2.00. The molecule has 0 fully saturated rings. The van der Waals surface area contributed by atoms with E-state index in [2.05, 4.69) is 31.1 Å². The summed E-state index contributed by atoms with van der Waals surface area (Å²) in [6, 6.07) is 0.548. The lowest BCUT2D eigenvalue weighted by Gasteiger charge is -2.20. The SMILES string of the molecule is CC(C)N(C)CCCCNC(=O)CSCC(=O)O. The van der Waals surface area contributed by atoms with Crippen molar-refractivity contribution in [3.05, 3.63) is 0 Å². The van der Waals surface area contributed by atoms with Gasteiger partial charge in [0, 0.05) is 12.6 Å². The normalized spacial score (nSPS) is 10.9. The Labute approximate surface area is 113 Å². The standard InChI is InChI=1S/C12H24N2O3S/c1-10(2)14(3)7-5-4-6-13-11(15)8-18-9-12(16)17/h10H,4-9H2,1-3H3,(H,13,15)(H,16,17). The lowest BCUT2D eigenvalue weighted by Crippen LogP contribution is -2.29.